The Labute approximate surface area is 515 Å². The minimum atomic E-state index is -0.355. The van der Waals surface area contributed by atoms with Crippen LogP contribution in [0.15, 0.2) is 219 Å². The van der Waals surface area contributed by atoms with Gasteiger partial charge < -0.3 is 29.1 Å². The molecule has 0 amide bonds. The Morgan fingerprint density at radius 3 is 1.10 bits per heavy atom. The summed E-state index contributed by atoms with van der Waals surface area (Å²) >= 11 is 0. The fourth-order valence-corrected chi connectivity index (χ4v) is 16.6. The van der Waals surface area contributed by atoms with Crippen LogP contribution in [0.3, 0.4) is 0 Å². The van der Waals surface area contributed by atoms with Crippen LogP contribution in [-0.2, 0) is 21.7 Å². The Kier molecular flexibility index (Phi) is 11.2. The molecule has 6 aliphatic rings. The van der Waals surface area contributed by atoms with Crippen LogP contribution < -0.4 is 62.1 Å². The first-order valence-electron chi connectivity index (χ1n) is 30.8. The lowest BCUT2D eigenvalue weighted by Crippen LogP contribution is -2.64. The van der Waals surface area contributed by atoms with Crippen LogP contribution in [-0.4, -0.2) is 33.4 Å². The van der Waals surface area contributed by atoms with Gasteiger partial charge in [0.05, 0.1) is 35.1 Å². The van der Waals surface area contributed by atoms with E-state index in [2.05, 4.69) is 269 Å². The van der Waals surface area contributed by atoms with Crippen molar-refractivity contribution in [3.05, 3.63) is 241 Å². The van der Waals surface area contributed by atoms with E-state index in [0.29, 0.717) is 11.5 Å². The Balaban J connectivity index is 0.899. The summed E-state index contributed by atoms with van der Waals surface area (Å²) in [5.41, 5.74) is 23.3. The molecule has 0 saturated carbocycles. The van der Waals surface area contributed by atoms with Gasteiger partial charge in [-0.15, -0.1) is 0 Å². The summed E-state index contributed by atoms with van der Waals surface area (Å²) in [6.45, 7) is 18.3. The molecule has 0 bridgehead atoms. The minimum absolute atomic E-state index is 0.0321. The molecule has 0 radical (unpaired) electrons. The lowest BCUT2D eigenvalue weighted by Gasteiger charge is -2.42. The molecule has 4 aliphatic heterocycles. The second-order valence-electron chi connectivity index (χ2n) is 27.4. The van der Waals surface area contributed by atoms with Gasteiger partial charge in [0, 0.05) is 74.9 Å². The molecule has 2 aliphatic carbocycles. The molecule has 0 unspecified atom stereocenters. The smallest absolute Gasteiger partial charge is 0.279 e. The number of hydrogen-bond donors (Lipinski definition) is 0. The van der Waals surface area contributed by atoms with E-state index in [4.69, 9.17) is 29.4 Å². The number of fused-ring (bicyclic) bond motifs is 10. The third-order valence-corrected chi connectivity index (χ3v) is 19.7. The highest BCUT2D eigenvalue weighted by molar-refractivity contribution is 7.01. The highest BCUT2D eigenvalue weighted by Crippen LogP contribution is 2.55. The average molecular weight is 1140 g/mol. The third kappa shape index (κ3) is 7.82. The average Bonchev–Trinajstić information content (AvgIpc) is 0.925. The number of rotatable bonds is 8. The second-order valence-corrected chi connectivity index (χ2v) is 27.4. The molecule has 0 atom stereocenters. The maximum absolute atomic E-state index is 7.55. The number of aromatic nitrogens is 4. The first kappa shape index (κ1) is 52.4. The van der Waals surface area contributed by atoms with Crippen LogP contribution in [0, 0.1) is 0 Å². The quantitative estimate of drug-likeness (QED) is 0.137. The van der Waals surface area contributed by atoms with Gasteiger partial charge >= 0.3 is 0 Å². The summed E-state index contributed by atoms with van der Waals surface area (Å²) in [5, 5.41) is 0. The Hall–Kier alpha value is -9.93. The first-order valence-corrected chi connectivity index (χ1v) is 30.8. The number of para-hydroxylation sites is 4. The number of benzene rings is 9. The van der Waals surface area contributed by atoms with E-state index in [1.807, 2.05) is 12.4 Å². The molecule has 17 rings (SSSR count). The van der Waals surface area contributed by atoms with Gasteiger partial charge in [-0.2, -0.15) is 0 Å². The van der Waals surface area contributed by atoms with Crippen molar-refractivity contribution in [1.29, 1.82) is 0 Å². The van der Waals surface area contributed by atoms with Gasteiger partial charge in [-0.25, -0.2) is 19.9 Å². The lowest BCUT2D eigenvalue weighted by molar-refractivity contribution is 0.402. The van der Waals surface area contributed by atoms with Gasteiger partial charge in [-0.1, -0.05) is 146 Å². The second kappa shape index (κ2) is 18.8. The summed E-state index contributed by atoms with van der Waals surface area (Å²) in [6, 6.07) is 70.1. The zero-order valence-electron chi connectivity index (χ0n) is 50.7. The lowest BCUT2D eigenvalue weighted by atomic mass is 9.32. The van der Waals surface area contributed by atoms with E-state index in [1.165, 1.54) is 22.3 Å². The summed E-state index contributed by atoms with van der Waals surface area (Å²) < 4.78 is 15.1. The SMILES string of the molecule is CC1(C)CC(C)(C)c2cc(N3c4cncnc4B4c5cc6c(cc5Oc5cc(N(c7ccccc7)c7ccccc7)cc3c54)Oc3cc(N(c4ccccc4)c4ccccc4)cc4c3B6c3ncncc3N4c3ccc4c(c3)C(C)(C)CC4(C)C)ccc21. The number of anilines is 12. The van der Waals surface area contributed by atoms with Crippen molar-refractivity contribution in [1.82, 2.24) is 19.9 Å². The van der Waals surface area contributed by atoms with Crippen molar-refractivity contribution in [3.8, 4) is 23.0 Å². The molecule has 0 spiro atoms. The topological polar surface area (TPSA) is 83.0 Å². The van der Waals surface area contributed by atoms with Crippen molar-refractivity contribution in [2.45, 2.75) is 89.9 Å². The van der Waals surface area contributed by atoms with Gasteiger partial charge in [0.25, 0.3) is 13.4 Å². The molecule has 11 aromatic rings. The van der Waals surface area contributed by atoms with Crippen LogP contribution in [0.4, 0.5) is 68.2 Å². The van der Waals surface area contributed by atoms with Gasteiger partial charge in [-0.05, 0) is 164 Å². The van der Waals surface area contributed by atoms with Crippen molar-refractivity contribution in [2.24, 2.45) is 0 Å². The van der Waals surface area contributed by atoms with Gasteiger partial charge in [0.15, 0.2) is 0 Å². The maximum atomic E-state index is 7.55. The standard InChI is InChI=1S/C76H64B2N8O2/c1-73(2)43-75(5,6)57-33-51(29-31-55(57)73)85-61-35-53(83(47-21-13-9-14-22-47)48-23-15-10-16-24-48)37-67-69(61)77(71-63(85)41-79-45-81-71)59-39-60-66(40-65(59)87-67)88-68-38-54(84(49-25-17-11-18-26-49)50-27-19-12-20-28-50)36-62-70(68)78(60)72-64(42-80-46-82-72)86(62)52-30-32-56-58(34-52)76(7,8)44-74(56,3)4/h9-42,45-46H,43-44H2,1-8H3. The van der Waals surface area contributed by atoms with Crippen molar-refractivity contribution in [3.63, 3.8) is 0 Å². The van der Waals surface area contributed by atoms with Crippen LogP contribution in [0.1, 0.15) is 90.5 Å². The molecule has 0 saturated heterocycles. The normalized spacial score (nSPS) is 16.5. The Morgan fingerprint density at radius 1 is 0.364 bits per heavy atom. The van der Waals surface area contributed by atoms with Gasteiger partial charge in [-0.3, -0.25) is 0 Å². The fraction of sp³-hybridized carbons (Fsp3) is 0.184. The van der Waals surface area contributed by atoms with Crippen LogP contribution >= 0.6 is 0 Å². The van der Waals surface area contributed by atoms with E-state index in [1.54, 1.807) is 12.7 Å². The van der Waals surface area contributed by atoms with Crippen LogP contribution in [0.2, 0.25) is 0 Å². The molecular weight excluding hydrogens is 1080 g/mol. The summed E-state index contributed by atoms with van der Waals surface area (Å²) in [7, 11) is 0. The molecule has 0 fully saturated rings. The molecule has 426 valence electrons. The molecule has 12 heteroatoms. The van der Waals surface area contributed by atoms with E-state index in [0.717, 1.165) is 126 Å². The van der Waals surface area contributed by atoms with Crippen LogP contribution in [0.25, 0.3) is 0 Å². The predicted octanol–water partition coefficient (Wildman–Crippen LogP) is 14.9. The molecule has 0 N–H and O–H groups in total. The third-order valence-electron chi connectivity index (χ3n) is 19.7. The maximum Gasteiger partial charge on any atom is 0.279 e. The van der Waals surface area contributed by atoms with E-state index >= 15 is 0 Å². The Morgan fingerprint density at radius 2 is 0.727 bits per heavy atom. The van der Waals surface area contributed by atoms with E-state index in [9.17, 15) is 0 Å². The number of ether oxygens (including phenoxy) is 2. The highest BCUT2D eigenvalue weighted by Gasteiger charge is 2.50. The van der Waals surface area contributed by atoms with Gasteiger partial charge in [0.1, 0.15) is 35.7 Å². The first-order chi connectivity index (χ1) is 42.6. The number of nitrogens with zero attached hydrogens (tertiary/aromatic N) is 8. The highest BCUT2D eigenvalue weighted by atomic mass is 16.5. The van der Waals surface area contributed by atoms with Gasteiger partial charge in [0.2, 0.25) is 0 Å². The predicted molar refractivity (Wildman–Crippen MR) is 360 cm³/mol. The summed E-state index contributed by atoms with van der Waals surface area (Å²) in [5.74, 6) is 2.88. The number of hydrogen-bond acceptors (Lipinski definition) is 10. The van der Waals surface area contributed by atoms with Crippen LogP contribution in [0.5, 0.6) is 23.0 Å². The summed E-state index contributed by atoms with van der Waals surface area (Å²) in [6.07, 6.45) is 9.51. The molecule has 9 aromatic carbocycles. The zero-order valence-corrected chi connectivity index (χ0v) is 50.7. The van der Waals surface area contributed by atoms with E-state index in [-0.39, 0.29) is 35.1 Å². The molecule has 6 heterocycles. The Bertz CT molecular complexity index is 4320. The monoisotopic (exact) mass is 1140 g/mol. The largest absolute Gasteiger partial charge is 0.458 e. The molecular formula is C76H64B2N8O2. The molecule has 10 nitrogen and oxygen atoms in total. The minimum Gasteiger partial charge on any atom is -0.458 e. The van der Waals surface area contributed by atoms with Crippen molar-refractivity contribution in [2.75, 3.05) is 19.6 Å². The fourth-order valence-electron chi connectivity index (χ4n) is 16.6. The van der Waals surface area contributed by atoms with E-state index < -0.39 is 0 Å². The summed E-state index contributed by atoms with van der Waals surface area (Å²) in [4.78, 5) is 29.7. The van der Waals surface area contributed by atoms with Crippen molar-refractivity contribution < 1.29 is 9.47 Å². The van der Waals surface area contributed by atoms with Crippen molar-refractivity contribution >= 4 is 115 Å². The molecule has 2 aromatic heterocycles. The zero-order chi connectivity index (χ0) is 59.6. The molecule has 88 heavy (non-hydrogen) atoms.